The Morgan fingerprint density at radius 1 is 0.862 bits per heavy atom. The molecule has 29 heavy (non-hydrogen) atoms. The molecule has 1 heterocycles. The van der Waals surface area contributed by atoms with Crippen molar-refractivity contribution in [2.75, 3.05) is 7.11 Å². The lowest BCUT2D eigenvalue weighted by Gasteiger charge is -2.34. The van der Waals surface area contributed by atoms with Gasteiger partial charge in [-0.05, 0) is 30.3 Å². The summed E-state index contributed by atoms with van der Waals surface area (Å²) >= 11 is 0. The lowest BCUT2D eigenvalue weighted by atomic mass is 10.1. The summed E-state index contributed by atoms with van der Waals surface area (Å²) in [5.74, 6) is -3.22. The fourth-order valence-corrected chi connectivity index (χ4v) is 2.50. The van der Waals surface area contributed by atoms with Crippen molar-refractivity contribution in [2.24, 2.45) is 9.98 Å². The highest BCUT2D eigenvalue weighted by Crippen LogP contribution is 2.49. The molecule has 0 spiro atoms. The third-order valence-corrected chi connectivity index (χ3v) is 3.93. The molecule has 0 amide bonds. The van der Waals surface area contributed by atoms with Crippen molar-refractivity contribution in [1.82, 2.24) is 0 Å². The highest BCUT2D eigenvalue weighted by atomic mass is 19.4. The zero-order chi connectivity index (χ0) is 21.4. The van der Waals surface area contributed by atoms with Gasteiger partial charge in [0.15, 0.2) is 0 Å². The van der Waals surface area contributed by atoms with Gasteiger partial charge in [0, 0.05) is 5.56 Å². The molecule has 3 rings (SSSR count). The number of methoxy groups -OCH3 is 1. The summed E-state index contributed by atoms with van der Waals surface area (Å²) in [5, 5.41) is 0. The van der Waals surface area contributed by atoms with Crippen LogP contribution in [0.15, 0.2) is 58.5 Å². The molecule has 1 aliphatic heterocycles. The van der Waals surface area contributed by atoms with E-state index in [1.54, 1.807) is 0 Å². The average molecular weight is 420 g/mol. The first-order valence-corrected chi connectivity index (χ1v) is 7.89. The Kier molecular flexibility index (Phi) is 5.01. The smallest absolute Gasteiger partial charge is 0.443 e. The Balaban J connectivity index is 2.28. The summed E-state index contributed by atoms with van der Waals surface area (Å²) in [6.07, 6.45) is -12.0. The SMILES string of the molecule is COc1cccc(C2=NC(C(F)(F)F)(C(F)(F)F)N=C(c3ccccc3F)O2)c1. The van der Waals surface area contributed by atoms with Crippen molar-refractivity contribution in [3.63, 3.8) is 0 Å². The van der Waals surface area contributed by atoms with Crippen molar-refractivity contribution in [3.8, 4) is 5.75 Å². The van der Waals surface area contributed by atoms with Crippen LogP contribution in [0.4, 0.5) is 30.7 Å². The molecule has 0 bridgehead atoms. The van der Waals surface area contributed by atoms with Crippen LogP contribution in [0, 0.1) is 5.82 Å². The number of rotatable bonds is 3. The van der Waals surface area contributed by atoms with E-state index in [0.29, 0.717) is 0 Å². The number of ether oxygens (including phenoxy) is 2. The van der Waals surface area contributed by atoms with Crippen LogP contribution in [0.5, 0.6) is 5.75 Å². The minimum absolute atomic E-state index is 0.133. The second-order valence-corrected chi connectivity index (χ2v) is 5.82. The molecule has 0 N–H and O–H groups in total. The second kappa shape index (κ2) is 7.05. The van der Waals surface area contributed by atoms with Gasteiger partial charge in [0.2, 0.25) is 11.8 Å². The van der Waals surface area contributed by atoms with Gasteiger partial charge in [-0.15, -0.1) is 0 Å². The van der Waals surface area contributed by atoms with Crippen LogP contribution >= 0.6 is 0 Å². The Hall–Kier alpha value is -3.11. The minimum atomic E-state index is -5.98. The molecule has 0 saturated carbocycles. The molecule has 154 valence electrons. The molecule has 1 aliphatic rings. The van der Waals surface area contributed by atoms with Gasteiger partial charge >= 0.3 is 18.0 Å². The molecule has 4 nitrogen and oxygen atoms in total. The highest BCUT2D eigenvalue weighted by Gasteiger charge is 2.74. The quantitative estimate of drug-likeness (QED) is 0.665. The molecule has 0 saturated heterocycles. The predicted octanol–water partition coefficient (Wildman–Crippen LogP) is 4.88. The van der Waals surface area contributed by atoms with E-state index in [2.05, 4.69) is 9.98 Å². The van der Waals surface area contributed by atoms with Crippen LogP contribution in [0.3, 0.4) is 0 Å². The molecule has 2 aromatic rings. The number of aliphatic imine (C=N–C) groups is 2. The van der Waals surface area contributed by atoms with Gasteiger partial charge in [-0.1, -0.05) is 18.2 Å². The minimum Gasteiger partial charge on any atom is -0.497 e. The molecule has 0 unspecified atom stereocenters. The second-order valence-electron chi connectivity index (χ2n) is 5.82. The van der Waals surface area contributed by atoms with E-state index in [-0.39, 0.29) is 11.3 Å². The summed E-state index contributed by atoms with van der Waals surface area (Å²) in [6, 6.07) is 9.24. The fourth-order valence-electron chi connectivity index (χ4n) is 2.50. The topological polar surface area (TPSA) is 43.2 Å². The molecule has 0 fully saturated rings. The Labute approximate surface area is 159 Å². The van der Waals surface area contributed by atoms with E-state index in [4.69, 9.17) is 9.47 Å². The number of halogens is 7. The lowest BCUT2D eigenvalue weighted by molar-refractivity contribution is -0.293. The summed E-state index contributed by atoms with van der Waals surface area (Å²) in [6.45, 7) is 0. The zero-order valence-electron chi connectivity index (χ0n) is 14.5. The van der Waals surface area contributed by atoms with Crippen molar-refractivity contribution in [3.05, 3.63) is 65.5 Å². The zero-order valence-corrected chi connectivity index (χ0v) is 14.5. The number of hydrogen-bond donors (Lipinski definition) is 0. The van der Waals surface area contributed by atoms with Gasteiger partial charge in [-0.3, -0.25) is 0 Å². The molecule has 11 heteroatoms. The van der Waals surface area contributed by atoms with Crippen molar-refractivity contribution in [2.45, 2.75) is 18.0 Å². The fraction of sp³-hybridized carbons (Fsp3) is 0.222. The van der Waals surface area contributed by atoms with Crippen molar-refractivity contribution < 1.29 is 40.2 Å². The predicted molar refractivity (Wildman–Crippen MR) is 88.4 cm³/mol. The van der Waals surface area contributed by atoms with Crippen molar-refractivity contribution in [1.29, 1.82) is 0 Å². The van der Waals surface area contributed by atoms with Gasteiger partial charge in [0.05, 0.1) is 12.7 Å². The van der Waals surface area contributed by atoms with Crippen LogP contribution in [0.25, 0.3) is 0 Å². The third-order valence-electron chi connectivity index (χ3n) is 3.93. The molecule has 0 aliphatic carbocycles. The molecule has 2 aromatic carbocycles. The monoisotopic (exact) mass is 420 g/mol. The van der Waals surface area contributed by atoms with E-state index in [0.717, 1.165) is 18.2 Å². The standard InChI is InChI=1S/C18H11F7N2O2/c1-28-11-6-4-5-10(9-11)14-26-16(17(20,21)22,18(23,24)25)27-15(29-14)12-7-2-3-8-13(12)19/h2-9H,1H3. The van der Waals surface area contributed by atoms with E-state index in [9.17, 15) is 30.7 Å². The normalized spacial score (nSPS) is 16.6. The number of hydrogen-bond acceptors (Lipinski definition) is 4. The number of benzene rings is 2. The van der Waals surface area contributed by atoms with Crippen molar-refractivity contribution >= 4 is 11.8 Å². The molecular formula is C18H11F7N2O2. The summed E-state index contributed by atoms with van der Waals surface area (Å²) in [5.41, 5.74) is -5.79. The van der Waals surface area contributed by atoms with Gasteiger partial charge in [-0.2, -0.15) is 26.3 Å². The lowest BCUT2D eigenvalue weighted by Crippen LogP contribution is -2.56. The molecule has 0 aromatic heterocycles. The largest absolute Gasteiger partial charge is 0.497 e. The third kappa shape index (κ3) is 3.64. The maximum atomic E-state index is 14.1. The van der Waals surface area contributed by atoms with Crippen LogP contribution in [-0.4, -0.2) is 36.9 Å². The average Bonchev–Trinajstić information content (AvgIpc) is 2.66. The maximum absolute atomic E-state index is 14.1. The number of alkyl halides is 6. The first-order chi connectivity index (χ1) is 13.5. The van der Waals surface area contributed by atoms with Crippen LogP contribution in [0.1, 0.15) is 11.1 Å². The number of nitrogens with zero attached hydrogens (tertiary/aromatic N) is 2. The van der Waals surface area contributed by atoms with E-state index >= 15 is 0 Å². The van der Waals surface area contributed by atoms with E-state index in [1.165, 1.54) is 37.4 Å². The van der Waals surface area contributed by atoms with Gasteiger partial charge in [-0.25, -0.2) is 14.4 Å². The summed E-state index contributed by atoms with van der Waals surface area (Å²) < 4.78 is 106. The Morgan fingerprint density at radius 3 is 2.07 bits per heavy atom. The van der Waals surface area contributed by atoms with E-state index in [1.807, 2.05) is 0 Å². The van der Waals surface area contributed by atoms with E-state index < -0.39 is 41.2 Å². The first kappa shape index (κ1) is 20.6. The van der Waals surface area contributed by atoms with Crippen LogP contribution in [0.2, 0.25) is 0 Å². The van der Waals surface area contributed by atoms with Gasteiger partial charge in [0.25, 0.3) is 0 Å². The van der Waals surface area contributed by atoms with Gasteiger partial charge in [0.1, 0.15) is 11.6 Å². The molecular weight excluding hydrogens is 409 g/mol. The van der Waals surface area contributed by atoms with Crippen LogP contribution < -0.4 is 4.74 Å². The summed E-state index contributed by atoms with van der Waals surface area (Å²) in [4.78, 5) is 5.48. The highest BCUT2D eigenvalue weighted by molar-refractivity contribution is 6.09. The summed E-state index contributed by atoms with van der Waals surface area (Å²) in [7, 11) is 1.25. The Bertz CT molecular complexity index is 967. The first-order valence-electron chi connectivity index (χ1n) is 7.89. The molecule has 0 atom stereocenters. The van der Waals surface area contributed by atoms with Crippen LogP contribution in [-0.2, 0) is 4.74 Å². The van der Waals surface area contributed by atoms with Gasteiger partial charge < -0.3 is 9.47 Å². The maximum Gasteiger partial charge on any atom is 0.443 e. The molecule has 0 radical (unpaired) electrons. The Morgan fingerprint density at radius 2 is 1.48 bits per heavy atom.